The minimum absolute atomic E-state index is 0.0337. The average molecular weight is 564 g/mol. The topological polar surface area (TPSA) is 59.8 Å². The van der Waals surface area contributed by atoms with E-state index in [0.717, 1.165) is 64.2 Å². The number of halogens is 1. The summed E-state index contributed by atoms with van der Waals surface area (Å²) in [6, 6.07) is 6.71. The lowest BCUT2D eigenvalue weighted by molar-refractivity contribution is 0.0914. The molecule has 0 bridgehead atoms. The number of ether oxygens (including phenoxy) is 2. The predicted molar refractivity (Wildman–Crippen MR) is 171 cm³/mol. The summed E-state index contributed by atoms with van der Waals surface area (Å²) >= 11 is 5.70. The van der Waals surface area contributed by atoms with Gasteiger partial charge in [0, 0.05) is 33.3 Å². The molecular weight excluding hydrogens is 506 g/mol. The Morgan fingerprint density at radius 1 is 1.10 bits per heavy atom. The summed E-state index contributed by atoms with van der Waals surface area (Å²) in [6.45, 7) is 19.9. The van der Waals surface area contributed by atoms with Crippen LogP contribution in [0.4, 0.5) is 0 Å². The molecule has 1 aromatic carbocycles. The summed E-state index contributed by atoms with van der Waals surface area (Å²) in [5.74, 6) is 0.866. The van der Waals surface area contributed by atoms with Gasteiger partial charge >= 0.3 is 0 Å². The summed E-state index contributed by atoms with van der Waals surface area (Å²) in [4.78, 5) is 2.35. The molecule has 6 heteroatoms. The normalized spacial score (nSPS) is 15.5. The largest absolute Gasteiger partial charge is 0.498 e. The molecule has 1 aliphatic rings. The summed E-state index contributed by atoms with van der Waals surface area (Å²) in [5.41, 5.74) is 12.8. The van der Waals surface area contributed by atoms with Gasteiger partial charge in [-0.05, 0) is 86.9 Å². The first-order valence-corrected chi connectivity index (χ1v) is 15.3. The Kier molecular flexibility index (Phi) is 21.9. The van der Waals surface area contributed by atoms with E-state index in [0.29, 0.717) is 5.16 Å². The number of nitrogens with two attached hydrogens (primary N) is 1. The summed E-state index contributed by atoms with van der Waals surface area (Å²) in [6.07, 6.45) is 10.8. The fourth-order valence-corrected chi connectivity index (χ4v) is 4.48. The number of benzene rings is 1. The van der Waals surface area contributed by atoms with Crippen molar-refractivity contribution in [2.24, 2.45) is 5.73 Å². The van der Waals surface area contributed by atoms with Crippen LogP contribution in [-0.4, -0.2) is 51.4 Å². The number of unbranched alkanes of at least 4 members (excludes halogenated alkanes) is 1. The Labute approximate surface area is 245 Å². The predicted octanol–water partition coefficient (Wildman–Crippen LogP) is 7.73. The minimum atomic E-state index is -0.0337. The first kappa shape index (κ1) is 37.2. The Morgan fingerprint density at radius 2 is 1.72 bits per heavy atom. The van der Waals surface area contributed by atoms with Crippen molar-refractivity contribution in [2.45, 2.75) is 99.6 Å². The zero-order chi connectivity index (χ0) is 29.6. The molecular formula is C33H58ClN3O2. The van der Waals surface area contributed by atoms with Crippen LogP contribution in [0.5, 0.6) is 0 Å². The first-order valence-electron chi connectivity index (χ1n) is 14.9. The maximum atomic E-state index is 5.70. The smallest absolute Gasteiger partial charge is 0.124 e. The third kappa shape index (κ3) is 15.0. The van der Waals surface area contributed by atoms with Crippen LogP contribution in [0.3, 0.4) is 0 Å². The average Bonchev–Trinajstić information content (AvgIpc) is 3.14. The molecule has 0 saturated heterocycles. The molecule has 1 atom stereocenters. The number of methoxy groups -OCH3 is 2. The van der Waals surface area contributed by atoms with Crippen molar-refractivity contribution in [1.82, 2.24) is 10.2 Å². The second-order valence-electron chi connectivity index (χ2n) is 9.62. The van der Waals surface area contributed by atoms with E-state index in [2.05, 4.69) is 62.2 Å². The molecule has 1 unspecified atom stereocenters. The number of aryl methyl sites for hydroxylation is 2. The van der Waals surface area contributed by atoms with Gasteiger partial charge in [-0.25, -0.2) is 0 Å². The lowest BCUT2D eigenvalue weighted by Crippen LogP contribution is -2.25. The molecule has 0 amide bonds. The Hall–Kier alpha value is -1.79. The summed E-state index contributed by atoms with van der Waals surface area (Å²) < 4.78 is 10.8. The van der Waals surface area contributed by atoms with Crippen molar-refractivity contribution in [3.8, 4) is 0 Å². The molecule has 224 valence electrons. The molecule has 1 aromatic rings. The SMILES string of the molecule is CC.CCCCNCc1c(CC)cccc1CC.CO/C(=C/C1=C(C)CCN(C/C=C(/N)Cl)CC1)C(C)OC. The highest BCUT2D eigenvalue weighted by Crippen LogP contribution is 2.22. The second-order valence-corrected chi connectivity index (χ2v) is 10.1. The second kappa shape index (κ2) is 23.0. The third-order valence-electron chi connectivity index (χ3n) is 7.04. The minimum Gasteiger partial charge on any atom is -0.498 e. The zero-order valence-corrected chi connectivity index (χ0v) is 27.2. The fourth-order valence-electron chi connectivity index (χ4n) is 4.41. The van der Waals surface area contributed by atoms with Crippen molar-refractivity contribution in [3.05, 3.63) is 69.1 Å². The number of hydrogen-bond donors (Lipinski definition) is 2. The molecule has 2 rings (SSSR count). The Morgan fingerprint density at radius 3 is 2.23 bits per heavy atom. The van der Waals surface area contributed by atoms with Crippen LogP contribution in [0.25, 0.3) is 0 Å². The van der Waals surface area contributed by atoms with Gasteiger partial charge in [-0.15, -0.1) is 0 Å². The van der Waals surface area contributed by atoms with Crippen molar-refractivity contribution in [1.29, 1.82) is 0 Å². The van der Waals surface area contributed by atoms with Gasteiger partial charge in [0.1, 0.15) is 11.9 Å². The van der Waals surface area contributed by atoms with Crippen molar-refractivity contribution >= 4 is 11.6 Å². The van der Waals surface area contributed by atoms with Gasteiger partial charge in [0.2, 0.25) is 0 Å². The van der Waals surface area contributed by atoms with Crippen molar-refractivity contribution in [2.75, 3.05) is 40.4 Å². The molecule has 5 nitrogen and oxygen atoms in total. The molecule has 1 heterocycles. The molecule has 39 heavy (non-hydrogen) atoms. The zero-order valence-electron chi connectivity index (χ0n) is 26.5. The van der Waals surface area contributed by atoms with E-state index in [9.17, 15) is 0 Å². The molecule has 0 radical (unpaired) electrons. The number of nitrogens with one attached hydrogen (secondary N) is 1. The number of rotatable bonds is 13. The van der Waals surface area contributed by atoms with Crippen LogP contribution in [0, 0.1) is 0 Å². The fraction of sp³-hybridized carbons (Fsp3) is 0.636. The Balaban J connectivity index is 0.000000718. The number of nitrogens with zero attached hydrogens (tertiary/aromatic N) is 1. The maximum absolute atomic E-state index is 5.70. The van der Waals surface area contributed by atoms with E-state index in [1.165, 1.54) is 40.7 Å². The van der Waals surface area contributed by atoms with Crippen LogP contribution >= 0.6 is 11.6 Å². The number of allylic oxidation sites excluding steroid dienone is 1. The van der Waals surface area contributed by atoms with Gasteiger partial charge in [-0.2, -0.15) is 0 Å². The molecule has 0 aromatic heterocycles. The highest BCUT2D eigenvalue weighted by molar-refractivity contribution is 6.28. The molecule has 0 fully saturated rings. The molecule has 0 spiro atoms. The molecule has 0 aliphatic carbocycles. The van der Waals surface area contributed by atoms with Crippen LogP contribution < -0.4 is 11.1 Å². The number of hydrogen-bond acceptors (Lipinski definition) is 5. The highest BCUT2D eigenvalue weighted by atomic mass is 35.5. The van der Waals surface area contributed by atoms with Crippen LogP contribution in [0.2, 0.25) is 0 Å². The van der Waals surface area contributed by atoms with E-state index in [4.69, 9.17) is 26.8 Å². The van der Waals surface area contributed by atoms with Gasteiger partial charge in [-0.1, -0.05) is 76.4 Å². The molecule has 1 aliphatic heterocycles. The lowest BCUT2D eigenvalue weighted by Gasteiger charge is -2.18. The van der Waals surface area contributed by atoms with E-state index >= 15 is 0 Å². The van der Waals surface area contributed by atoms with E-state index in [1.807, 2.05) is 26.8 Å². The summed E-state index contributed by atoms with van der Waals surface area (Å²) in [5, 5.41) is 3.91. The van der Waals surface area contributed by atoms with Crippen LogP contribution in [0.15, 0.2) is 52.4 Å². The summed E-state index contributed by atoms with van der Waals surface area (Å²) in [7, 11) is 3.38. The third-order valence-corrected chi connectivity index (χ3v) is 7.19. The van der Waals surface area contributed by atoms with Gasteiger partial charge in [0.15, 0.2) is 0 Å². The van der Waals surface area contributed by atoms with Gasteiger partial charge in [0.05, 0.1) is 12.3 Å². The van der Waals surface area contributed by atoms with E-state index in [-0.39, 0.29) is 6.10 Å². The monoisotopic (exact) mass is 563 g/mol. The maximum Gasteiger partial charge on any atom is 0.124 e. The lowest BCUT2D eigenvalue weighted by atomic mass is 9.97. The van der Waals surface area contributed by atoms with Gasteiger partial charge < -0.3 is 20.5 Å². The van der Waals surface area contributed by atoms with Gasteiger partial charge in [-0.3, -0.25) is 4.90 Å². The van der Waals surface area contributed by atoms with Crippen molar-refractivity contribution < 1.29 is 9.47 Å². The standard InChI is InChI=1S/C16H27ClN2O2.C15H25N.C2H6/c1-12-5-8-19(10-7-16(17)18)9-6-14(12)11-15(21-4)13(2)20-3;1-4-7-11-16-12-15-13(5-2)9-8-10-14(15)6-3;1-2/h7,11,13H,5-6,8-10,18H2,1-4H3;8-10,16H,4-7,11-12H2,1-3H3;1-2H3/b15-11+,16-7+;;. The van der Waals surface area contributed by atoms with E-state index < -0.39 is 0 Å². The first-order chi connectivity index (χ1) is 18.8. The molecule has 3 N–H and O–H groups in total. The Bertz CT molecular complexity index is 853. The molecule has 0 saturated carbocycles. The highest BCUT2D eigenvalue weighted by Gasteiger charge is 2.15. The van der Waals surface area contributed by atoms with Crippen molar-refractivity contribution in [3.63, 3.8) is 0 Å². The van der Waals surface area contributed by atoms with E-state index in [1.54, 1.807) is 14.2 Å². The van der Waals surface area contributed by atoms with Crippen LogP contribution in [-0.2, 0) is 28.9 Å². The van der Waals surface area contributed by atoms with Gasteiger partial charge in [0.25, 0.3) is 0 Å². The van der Waals surface area contributed by atoms with Crippen LogP contribution in [0.1, 0.15) is 90.8 Å². The quantitative estimate of drug-likeness (QED) is 0.146.